The first-order valence-corrected chi connectivity index (χ1v) is 9.99. The molecule has 1 aromatic carbocycles. The summed E-state index contributed by atoms with van der Waals surface area (Å²) in [5, 5.41) is 5.54. The van der Waals surface area contributed by atoms with E-state index >= 15 is 0 Å². The van der Waals surface area contributed by atoms with Crippen LogP contribution in [-0.2, 0) is 12.7 Å². The van der Waals surface area contributed by atoms with Gasteiger partial charge in [0.1, 0.15) is 0 Å². The molecule has 0 spiro atoms. The van der Waals surface area contributed by atoms with Crippen LogP contribution in [0.3, 0.4) is 0 Å². The molecule has 0 atom stereocenters. The first-order chi connectivity index (χ1) is 12.4. The minimum absolute atomic E-state index is 0.330. The summed E-state index contributed by atoms with van der Waals surface area (Å²) in [6, 6.07) is 9.59. The molecule has 7 heteroatoms. The standard InChI is InChI=1S/C19H21F3N2S2/c20-19(21,22)14-6-4-7-15(12-14)23-18(25)24(13-17-10-5-11-26-17)16-8-2-1-3-9-16/h4-7,10-12,16H,1-3,8-9,13H2,(H,23,25). The topological polar surface area (TPSA) is 15.3 Å². The van der Waals surface area contributed by atoms with Gasteiger partial charge in [-0.05, 0) is 54.7 Å². The molecule has 0 radical (unpaired) electrons. The molecule has 1 aliphatic carbocycles. The molecule has 0 aliphatic heterocycles. The molecule has 140 valence electrons. The van der Waals surface area contributed by atoms with Gasteiger partial charge in [0.05, 0.1) is 12.1 Å². The van der Waals surface area contributed by atoms with Crippen LogP contribution in [0.25, 0.3) is 0 Å². The summed E-state index contributed by atoms with van der Waals surface area (Å²) in [6.07, 6.45) is 1.33. The van der Waals surface area contributed by atoms with E-state index in [-0.39, 0.29) is 0 Å². The minimum Gasteiger partial charge on any atom is -0.341 e. The zero-order chi connectivity index (χ0) is 18.6. The molecule has 0 bridgehead atoms. The third kappa shape index (κ3) is 4.98. The van der Waals surface area contributed by atoms with Gasteiger partial charge in [-0.15, -0.1) is 11.3 Å². The molecule has 1 fully saturated rings. The van der Waals surface area contributed by atoms with Gasteiger partial charge in [0.2, 0.25) is 0 Å². The molecule has 0 saturated heterocycles. The lowest BCUT2D eigenvalue weighted by atomic mass is 9.94. The minimum atomic E-state index is -4.36. The van der Waals surface area contributed by atoms with Gasteiger partial charge in [-0.25, -0.2) is 0 Å². The monoisotopic (exact) mass is 398 g/mol. The SMILES string of the molecule is FC(F)(F)c1cccc(NC(=S)N(Cc2cccs2)C2CCCCC2)c1. The summed E-state index contributed by atoms with van der Waals surface area (Å²) in [6.45, 7) is 0.688. The average Bonchev–Trinajstić information content (AvgIpc) is 3.13. The predicted molar refractivity (Wildman–Crippen MR) is 104 cm³/mol. The van der Waals surface area contributed by atoms with Crippen LogP contribution in [0, 0.1) is 0 Å². The number of thiophene rings is 1. The number of nitrogens with zero attached hydrogens (tertiary/aromatic N) is 1. The van der Waals surface area contributed by atoms with Gasteiger partial charge in [-0.2, -0.15) is 13.2 Å². The normalized spacial score (nSPS) is 15.7. The number of rotatable bonds is 4. The van der Waals surface area contributed by atoms with Crippen LogP contribution in [0.4, 0.5) is 18.9 Å². The first-order valence-electron chi connectivity index (χ1n) is 8.71. The maximum atomic E-state index is 12.9. The van der Waals surface area contributed by atoms with E-state index in [0.29, 0.717) is 23.4 Å². The Kier molecular flexibility index (Phi) is 6.19. The predicted octanol–water partition coefficient (Wildman–Crippen LogP) is 6.30. The average molecular weight is 399 g/mol. The van der Waals surface area contributed by atoms with Gasteiger partial charge in [0.25, 0.3) is 0 Å². The Hall–Kier alpha value is -1.60. The molecule has 0 unspecified atom stereocenters. The van der Waals surface area contributed by atoms with Crippen molar-refractivity contribution >= 4 is 34.4 Å². The van der Waals surface area contributed by atoms with Gasteiger partial charge >= 0.3 is 6.18 Å². The largest absolute Gasteiger partial charge is 0.416 e. The lowest BCUT2D eigenvalue weighted by Gasteiger charge is -2.36. The van der Waals surface area contributed by atoms with E-state index in [2.05, 4.69) is 16.3 Å². The maximum absolute atomic E-state index is 12.9. The fraction of sp³-hybridized carbons (Fsp3) is 0.421. The van der Waals surface area contributed by atoms with Crippen LogP contribution in [0.2, 0.25) is 0 Å². The highest BCUT2D eigenvalue weighted by Crippen LogP contribution is 2.31. The third-order valence-corrected chi connectivity index (χ3v) is 5.82. The summed E-state index contributed by atoms with van der Waals surface area (Å²) < 4.78 is 38.8. The van der Waals surface area contributed by atoms with E-state index in [1.54, 1.807) is 17.4 Å². The molecule has 1 heterocycles. The Morgan fingerprint density at radius 3 is 2.58 bits per heavy atom. The van der Waals surface area contributed by atoms with Crippen molar-refractivity contribution in [1.29, 1.82) is 0 Å². The second kappa shape index (κ2) is 8.39. The summed E-state index contributed by atoms with van der Waals surface area (Å²) in [5.41, 5.74) is -0.301. The van der Waals surface area contributed by atoms with Gasteiger partial charge in [-0.1, -0.05) is 31.4 Å². The molecule has 2 nitrogen and oxygen atoms in total. The fourth-order valence-electron chi connectivity index (χ4n) is 3.30. The van der Waals surface area contributed by atoms with E-state index in [1.165, 1.54) is 17.4 Å². The molecule has 1 aromatic heterocycles. The van der Waals surface area contributed by atoms with Crippen LogP contribution in [0.1, 0.15) is 42.5 Å². The van der Waals surface area contributed by atoms with Crippen LogP contribution < -0.4 is 5.32 Å². The maximum Gasteiger partial charge on any atom is 0.416 e. The number of thiocarbonyl (C=S) groups is 1. The van der Waals surface area contributed by atoms with Crippen molar-refractivity contribution in [2.75, 3.05) is 5.32 Å². The number of alkyl halides is 3. The summed E-state index contributed by atoms with van der Waals surface area (Å²) in [7, 11) is 0. The van der Waals surface area contributed by atoms with Crippen molar-refractivity contribution in [2.45, 2.75) is 50.9 Å². The molecule has 1 aliphatic rings. The third-order valence-electron chi connectivity index (χ3n) is 4.62. The Morgan fingerprint density at radius 2 is 1.92 bits per heavy atom. The second-order valence-electron chi connectivity index (χ2n) is 6.51. The van der Waals surface area contributed by atoms with Crippen molar-refractivity contribution in [3.8, 4) is 0 Å². The Balaban J connectivity index is 1.76. The van der Waals surface area contributed by atoms with Crippen LogP contribution in [0.5, 0.6) is 0 Å². The highest BCUT2D eigenvalue weighted by Gasteiger charge is 2.30. The zero-order valence-electron chi connectivity index (χ0n) is 14.3. The molecule has 1 saturated carbocycles. The highest BCUT2D eigenvalue weighted by molar-refractivity contribution is 7.80. The van der Waals surface area contributed by atoms with Crippen molar-refractivity contribution in [1.82, 2.24) is 4.90 Å². The van der Waals surface area contributed by atoms with E-state index in [0.717, 1.165) is 37.8 Å². The number of nitrogens with one attached hydrogen (secondary N) is 1. The van der Waals surface area contributed by atoms with Gasteiger partial charge in [-0.3, -0.25) is 0 Å². The van der Waals surface area contributed by atoms with Gasteiger partial charge < -0.3 is 10.2 Å². The van der Waals surface area contributed by atoms with Crippen molar-refractivity contribution in [2.24, 2.45) is 0 Å². The number of hydrogen-bond donors (Lipinski definition) is 1. The van der Waals surface area contributed by atoms with Crippen LogP contribution in [-0.4, -0.2) is 16.1 Å². The zero-order valence-corrected chi connectivity index (χ0v) is 15.9. The number of halogens is 3. The highest BCUT2D eigenvalue weighted by atomic mass is 32.1. The Bertz CT molecular complexity index is 723. The molecule has 1 N–H and O–H groups in total. The fourth-order valence-corrected chi connectivity index (χ4v) is 4.33. The Labute approximate surface area is 161 Å². The summed E-state index contributed by atoms with van der Waals surface area (Å²) >= 11 is 7.25. The van der Waals surface area contributed by atoms with Crippen LogP contribution in [0.15, 0.2) is 41.8 Å². The molecule has 0 amide bonds. The lowest BCUT2D eigenvalue weighted by Crippen LogP contribution is -2.43. The summed E-state index contributed by atoms with van der Waals surface area (Å²) in [5.74, 6) is 0. The summed E-state index contributed by atoms with van der Waals surface area (Å²) in [4.78, 5) is 3.34. The molecule has 26 heavy (non-hydrogen) atoms. The molecule has 2 aromatic rings. The van der Waals surface area contributed by atoms with Crippen molar-refractivity contribution in [3.05, 3.63) is 52.2 Å². The van der Waals surface area contributed by atoms with Crippen LogP contribution >= 0.6 is 23.6 Å². The van der Waals surface area contributed by atoms with Gasteiger partial charge in [0, 0.05) is 16.6 Å². The number of benzene rings is 1. The van der Waals surface area contributed by atoms with E-state index in [1.807, 2.05) is 11.4 Å². The quantitative estimate of drug-likeness (QED) is 0.609. The molecule has 3 rings (SSSR count). The number of hydrogen-bond acceptors (Lipinski definition) is 2. The molecular weight excluding hydrogens is 377 g/mol. The van der Waals surface area contributed by atoms with E-state index in [9.17, 15) is 13.2 Å². The van der Waals surface area contributed by atoms with Crippen molar-refractivity contribution < 1.29 is 13.2 Å². The smallest absolute Gasteiger partial charge is 0.341 e. The van der Waals surface area contributed by atoms with E-state index in [4.69, 9.17) is 12.2 Å². The Morgan fingerprint density at radius 1 is 1.15 bits per heavy atom. The lowest BCUT2D eigenvalue weighted by molar-refractivity contribution is -0.137. The van der Waals surface area contributed by atoms with E-state index < -0.39 is 11.7 Å². The molecular formula is C19H21F3N2S2. The first kappa shape index (κ1) is 19.2. The number of anilines is 1. The second-order valence-corrected chi connectivity index (χ2v) is 7.93. The van der Waals surface area contributed by atoms with Gasteiger partial charge in [0.15, 0.2) is 5.11 Å². The van der Waals surface area contributed by atoms with Crippen molar-refractivity contribution in [3.63, 3.8) is 0 Å².